The molecule has 1 aromatic carbocycles. The molecule has 3 nitrogen and oxygen atoms in total. The lowest BCUT2D eigenvalue weighted by atomic mass is 10.0. The van der Waals surface area contributed by atoms with Crippen LogP contribution in [-0.4, -0.2) is 18.1 Å². The maximum atomic E-state index is 12.8. The molecule has 0 bridgehead atoms. The van der Waals surface area contributed by atoms with E-state index in [2.05, 4.69) is 15.9 Å². The standard InChI is InChI=1S/C15H14BrF2NO2/c1-9-7-10(21-2)3-4-11(9)13-6-5-12(16)15(20)19(13)8-14(17)18/h3-7,14H,8H2,1-2H3. The molecule has 0 aliphatic heterocycles. The molecule has 2 rings (SSSR count). The Bertz CT molecular complexity index is 713. The molecule has 0 saturated heterocycles. The van der Waals surface area contributed by atoms with E-state index < -0.39 is 18.5 Å². The van der Waals surface area contributed by atoms with E-state index in [4.69, 9.17) is 4.74 Å². The number of nitrogens with zero attached hydrogens (tertiary/aromatic N) is 1. The van der Waals surface area contributed by atoms with Crippen LogP contribution in [-0.2, 0) is 6.54 Å². The average Bonchev–Trinajstić information content (AvgIpc) is 2.44. The van der Waals surface area contributed by atoms with Gasteiger partial charge in [-0.1, -0.05) is 0 Å². The minimum absolute atomic E-state index is 0.262. The van der Waals surface area contributed by atoms with Crippen molar-refractivity contribution >= 4 is 15.9 Å². The summed E-state index contributed by atoms with van der Waals surface area (Å²) in [7, 11) is 1.56. The van der Waals surface area contributed by atoms with Crippen LogP contribution in [0.3, 0.4) is 0 Å². The monoisotopic (exact) mass is 357 g/mol. The van der Waals surface area contributed by atoms with Gasteiger partial charge in [0.05, 0.1) is 23.8 Å². The van der Waals surface area contributed by atoms with Crippen molar-refractivity contribution in [2.24, 2.45) is 0 Å². The third-order valence-corrected chi connectivity index (χ3v) is 3.76. The summed E-state index contributed by atoms with van der Waals surface area (Å²) in [5.41, 5.74) is 1.56. The second-order valence-electron chi connectivity index (χ2n) is 4.55. The van der Waals surface area contributed by atoms with Gasteiger partial charge in [-0.15, -0.1) is 0 Å². The van der Waals surface area contributed by atoms with Crippen LogP contribution in [0.25, 0.3) is 11.3 Å². The number of pyridine rings is 1. The number of methoxy groups -OCH3 is 1. The molecular formula is C15H14BrF2NO2. The minimum Gasteiger partial charge on any atom is -0.497 e. The molecule has 0 atom stereocenters. The lowest BCUT2D eigenvalue weighted by Gasteiger charge is -2.15. The van der Waals surface area contributed by atoms with Crippen LogP contribution in [0, 0.1) is 6.92 Å². The molecular weight excluding hydrogens is 344 g/mol. The van der Waals surface area contributed by atoms with Crippen molar-refractivity contribution in [3.63, 3.8) is 0 Å². The Labute approximate surface area is 129 Å². The molecule has 6 heteroatoms. The topological polar surface area (TPSA) is 31.2 Å². The van der Waals surface area contributed by atoms with E-state index >= 15 is 0 Å². The number of rotatable bonds is 4. The molecule has 0 radical (unpaired) electrons. The summed E-state index contributed by atoms with van der Waals surface area (Å²) in [6.45, 7) is 1.20. The van der Waals surface area contributed by atoms with Crippen LogP contribution in [0.4, 0.5) is 8.78 Å². The number of aryl methyl sites for hydroxylation is 1. The average molecular weight is 358 g/mol. The Balaban J connectivity index is 2.63. The lowest BCUT2D eigenvalue weighted by molar-refractivity contribution is 0.126. The van der Waals surface area contributed by atoms with Gasteiger partial charge >= 0.3 is 0 Å². The van der Waals surface area contributed by atoms with E-state index in [9.17, 15) is 13.6 Å². The van der Waals surface area contributed by atoms with Gasteiger partial charge in [0.2, 0.25) is 0 Å². The Hall–Kier alpha value is -1.69. The molecule has 21 heavy (non-hydrogen) atoms. The van der Waals surface area contributed by atoms with Crippen molar-refractivity contribution in [3.8, 4) is 17.0 Å². The number of alkyl halides is 2. The number of ether oxygens (including phenoxy) is 1. The van der Waals surface area contributed by atoms with Crippen LogP contribution >= 0.6 is 15.9 Å². The number of halogens is 3. The number of hydrogen-bond donors (Lipinski definition) is 0. The van der Waals surface area contributed by atoms with Crippen LogP contribution in [0.2, 0.25) is 0 Å². The minimum atomic E-state index is -2.60. The summed E-state index contributed by atoms with van der Waals surface area (Å²) in [6, 6.07) is 8.53. The summed E-state index contributed by atoms with van der Waals surface area (Å²) in [5, 5.41) is 0. The van der Waals surface area contributed by atoms with Crippen LogP contribution in [0.5, 0.6) is 5.75 Å². The summed E-state index contributed by atoms with van der Waals surface area (Å²) in [4.78, 5) is 12.1. The van der Waals surface area contributed by atoms with Gasteiger partial charge in [-0.2, -0.15) is 0 Å². The van der Waals surface area contributed by atoms with Crippen LogP contribution in [0.1, 0.15) is 5.56 Å². The summed E-state index contributed by atoms with van der Waals surface area (Å²) in [6.07, 6.45) is -2.60. The SMILES string of the molecule is COc1ccc(-c2ccc(Br)c(=O)n2CC(F)F)c(C)c1. The van der Waals surface area contributed by atoms with E-state index in [1.54, 1.807) is 37.4 Å². The molecule has 2 aromatic rings. The summed E-state index contributed by atoms with van der Waals surface area (Å²) >= 11 is 3.09. The summed E-state index contributed by atoms with van der Waals surface area (Å²) in [5.74, 6) is 0.677. The number of aromatic nitrogens is 1. The van der Waals surface area contributed by atoms with E-state index in [1.165, 1.54) is 0 Å². The molecule has 0 spiro atoms. The van der Waals surface area contributed by atoms with Gasteiger partial charge in [0.25, 0.3) is 12.0 Å². The quantitative estimate of drug-likeness (QED) is 0.831. The molecule has 112 valence electrons. The second kappa shape index (κ2) is 6.39. The van der Waals surface area contributed by atoms with Gasteiger partial charge in [0.1, 0.15) is 5.75 Å². The van der Waals surface area contributed by atoms with Gasteiger partial charge in [-0.05, 0) is 58.7 Å². The lowest BCUT2D eigenvalue weighted by Crippen LogP contribution is -2.25. The first-order valence-corrected chi connectivity index (χ1v) is 7.06. The highest BCUT2D eigenvalue weighted by molar-refractivity contribution is 9.10. The maximum absolute atomic E-state index is 12.8. The Morgan fingerprint density at radius 1 is 1.29 bits per heavy atom. The van der Waals surface area contributed by atoms with Crippen LogP contribution in [0.15, 0.2) is 39.6 Å². The number of benzene rings is 1. The van der Waals surface area contributed by atoms with Gasteiger partial charge in [0.15, 0.2) is 0 Å². The third kappa shape index (κ3) is 3.32. The van der Waals surface area contributed by atoms with E-state index in [0.29, 0.717) is 11.4 Å². The third-order valence-electron chi connectivity index (χ3n) is 3.16. The molecule has 0 fully saturated rings. The first-order chi connectivity index (χ1) is 9.93. The van der Waals surface area contributed by atoms with Crippen molar-refractivity contribution in [2.45, 2.75) is 19.9 Å². The van der Waals surface area contributed by atoms with Crippen molar-refractivity contribution < 1.29 is 13.5 Å². The fourth-order valence-electron chi connectivity index (χ4n) is 2.16. The molecule has 0 saturated carbocycles. The molecule has 0 aliphatic rings. The first kappa shape index (κ1) is 15.7. The fraction of sp³-hybridized carbons (Fsp3) is 0.267. The molecule has 1 heterocycles. The highest BCUT2D eigenvalue weighted by atomic mass is 79.9. The Morgan fingerprint density at radius 2 is 2.00 bits per heavy atom. The predicted octanol–water partition coefficient (Wildman–Crippen LogP) is 3.86. The molecule has 0 aliphatic carbocycles. The zero-order valence-electron chi connectivity index (χ0n) is 11.6. The molecule has 0 amide bonds. The highest BCUT2D eigenvalue weighted by Gasteiger charge is 2.15. The predicted molar refractivity (Wildman–Crippen MR) is 81.1 cm³/mol. The van der Waals surface area contributed by atoms with E-state index in [0.717, 1.165) is 15.7 Å². The second-order valence-corrected chi connectivity index (χ2v) is 5.41. The largest absolute Gasteiger partial charge is 0.497 e. The van der Waals surface area contributed by atoms with E-state index in [-0.39, 0.29) is 4.47 Å². The molecule has 0 unspecified atom stereocenters. The van der Waals surface area contributed by atoms with Gasteiger partial charge in [-0.25, -0.2) is 8.78 Å². The van der Waals surface area contributed by atoms with Crippen molar-refractivity contribution in [2.75, 3.05) is 7.11 Å². The Morgan fingerprint density at radius 3 is 2.57 bits per heavy atom. The normalized spacial score (nSPS) is 11.0. The van der Waals surface area contributed by atoms with Crippen molar-refractivity contribution in [1.29, 1.82) is 0 Å². The fourth-order valence-corrected chi connectivity index (χ4v) is 2.50. The zero-order chi connectivity index (χ0) is 15.6. The van der Waals surface area contributed by atoms with Gasteiger partial charge in [-0.3, -0.25) is 4.79 Å². The first-order valence-electron chi connectivity index (χ1n) is 6.26. The van der Waals surface area contributed by atoms with Gasteiger partial charge in [0, 0.05) is 5.56 Å². The maximum Gasteiger partial charge on any atom is 0.265 e. The Kier molecular flexibility index (Phi) is 4.77. The smallest absolute Gasteiger partial charge is 0.265 e. The van der Waals surface area contributed by atoms with E-state index in [1.807, 2.05) is 6.92 Å². The molecule has 1 aromatic heterocycles. The van der Waals surface area contributed by atoms with Crippen LogP contribution < -0.4 is 10.3 Å². The van der Waals surface area contributed by atoms with Gasteiger partial charge < -0.3 is 9.30 Å². The number of hydrogen-bond acceptors (Lipinski definition) is 2. The zero-order valence-corrected chi connectivity index (χ0v) is 13.2. The highest BCUT2D eigenvalue weighted by Crippen LogP contribution is 2.27. The van der Waals surface area contributed by atoms with Crippen molar-refractivity contribution in [1.82, 2.24) is 4.57 Å². The van der Waals surface area contributed by atoms with Crippen molar-refractivity contribution in [3.05, 3.63) is 50.7 Å². The molecule has 0 N–H and O–H groups in total. The summed E-state index contributed by atoms with van der Waals surface area (Å²) < 4.78 is 32.0.